The maximum atomic E-state index is 8.08. The standard InChI is InChI=1S/C5H5N5O/c6-3-8-5(7)9-4-1-2-11-10-4/h1-2H,(H3,7,8,9,10). The lowest BCUT2D eigenvalue weighted by Crippen LogP contribution is -2.25. The lowest BCUT2D eigenvalue weighted by Gasteiger charge is -1.98. The van der Waals surface area contributed by atoms with E-state index in [0.29, 0.717) is 5.82 Å². The fourth-order valence-corrected chi connectivity index (χ4v) is 0.492. The van der Waals surface area contributed by atoms with Gasteiger partial charge < -0.3 is 9.84 Å². The summed E-state index contributed by atoms with van der Waals surface area (Å²) >= 11 is 0. The van der Waals surface area contributed by atoms with Crippen molar-refractivity contribution in [3.63, 3.8) is 0 Å². The van der Waals surface area contributed by atoms with E-state index < -0.39 is 0 Å². The summed E-state index contributed by atoms with van der Waals surface area (Å²) in [5, 5.41) is 23.1. The molecule has 0 aliphatic heterocycles. The van der Waals surface area contributed by atoms with Gasteiger partial charge >= 0.3 is 0 Å². The topological polar surface area (TPSA) is 97.7 Å². The molecule has 0 radical (unpaired) electrons. The van der Waals surface area contributed by atoms with Gasteiger partial charge in [0.05, 0.1) is 0 Å². The number of anilines is 1. The molecule has 0 spiro atoms. The van der Waals surface area contributed by atoms with Crippen LogP contribution in [0.3, 0.4) is 0 Å². The summed E-state index contributed by atoms with van der Waals surface area (Å²) in [7, 11) is 0. The largest absolute Gasteiger partial charge is 0.363 e. The lowest BCUT2D eigenvalue weighted by atomic mass is 10.6. The number of rotatable bonds is 1. The zero-order valence-electron chi connectivity index (χ0n) is 5.46. The maximum Gasteiger partial charge on any atom is 0.207 e. The molecule has 0 atom stereocenters. The smallest absolute Gasteiger partial charge is 0.207 e. The first kappa shape index (κ1) is 7.08. The van der Waals surface area contributed by atoms with Crippen LogP contribution in [0.1, 0.15) is 0 Å². The van der Waals surface area contributed by atoms with Crippen LogP contribution in [0.2, 0.25) is 0 Å². The van der Waals surface area contributed by atoms with Crippen LogP contribution in [-0.2, 0) is 0 Å². The van der Waals surface area contributed by atoms with Gasteiger partial charge in [0, 0.05) is 6.07 Å². The normalized spacial score (nSPS) is 8.27. The minimum atomic E-state index is -0.138. The molecule has 1 aromatic heterocycles. The van der Waals surface area contributed by atoms with E-state index in [0.717, 1.165) is 0 Å². The summed E-state index contributed by atoms with van der Waals surface area (Å²) in [4.78, 5) is 0. The highest BCUT2D eigenvalue weighted by Crippen LogP contribution is 1.98. The molecule has 0 unspecified atom stereocenters. The van der Waals surface area contributed by atoms with Gasteiger partial charge in [-0.1, -0.05) is 5.16 Å². The van der Waals surface area contributed by atoms with Crippen LogP contribution in [0.4, 0.5) is 5.82 Å². The first-order valence-electron chi connectivity index (χ1n) is 2.74. The summed E-state index contributed by atoms with van der Waals surface area (Å²) in [5.41, 5.74) is 0. The molecule has 1 rings (SSSR count). The Morgan fingerprint density at radius 1 is 1.82 bits per heavy atom. The van der Waals surface area contributed by atoms with Gasteiger partial charge in [-0.2, -0.15) is 5.26 Å². The summed E-state index contributed by atoms with van der Waals surface area (Å²) in [6.07, 6.45) is 2.95. The van der Waals surface area contributed by atoms with Crippen molar-refractivity contribution in [3.05, 3.63) is 12.3 Å². The molecule has 0 saturated carbocycles. The quantitative estimate of drug-likeness (QED) is 0.229. The molecule has 56 valence electrons. The van der Waals surface area contributed by atoms with Crippen molar-refractivity contribution < 1.29 is 4.52 Å². The number of guanidine groups is 1. The SMILES string of the molecule is N#CNC(=N)Nc1ccon1. The second kappa shape index (κ2) is 3.22. The predicted octanol–water partition coefficient (Wildman–Crippen LogP) is 0.0919. The van der Waals surface area contributed by atoms with Gasteiger partial charge in [-0.15, -0.1) is 0 Å². The van der Waals surface area contributed by atoms with Crippen molar-refractivity contribution in [3.8, 4) is 6.19 Å². The Balaban J connectivity index is 2.45. The lowest BCUT2D eigenvalue weighted by molar-refractivity contribution is 0.423. The Morgan fingerprint density at radius 3 is 3.18 bits per heavy atom. The predicted molar refractivity (Wildman–Crippen MR) is 36.6 cm³/mol. The molecule has 0 saturated heterocycles. The highest BCUT2D eigenvalue weighted by molar-refractivity contribution is 5.90. The summed E-state index contributed by atoms with van der Waals surface area (Å²) in [6.45, 7) is 0. The van der Waals surface area contributed by atoms with Crippen LogP contribution < -0.4 is 10.6 Å². The minimum absolute atomic E-state index is 0.138. The van der Waals surface area contributed by atoms with Crippen molar-refractivity contribution >= 4 is 11.8 Å². The number of nitrogens with zero attached hydrogens (tertiary/aromatic N) is 2. The van der Waals surface area contributed by atoms with Crippen molar-refractivity contribution in [2.24, 2.45) is 0 Å². The zero-order chi connectivity index (χ0) is 8.10. The average molecular weight is 151 g/mol. The summed E-state index contributed by atoms with van der Waals surface area (Å²) in [5.74, 6) is 0.249. The van der Waals surface area contributed by atoms with Crippen LogP contribution >= 0.6 is 0 Å². The number of nitrogens with one attached hydrogen (secondary N) is 3. The molecular weight excluding hydrogens is 146 g/mol. The Kier molecular flexibility index (Phi) is 2.07. The van der Waals surface area contributed by atoms with E-state index >= 15 is 0 Å². The first-order valence-corrected chi connectivity index (χ1v) is 2.74. The van der Waals surface area contributed by atoms with Crippen molar-refractivity contribution in [2.75, 3.05) is 5.32 Å². The number of hydrogen-bond donors (Lipinski definition) is 3. The molecule has 0 fully saturated rings. The Morgan fingerprint density at radius 2 is 2.64 bits per heavy atom. The van der Waals surface area contributed by atoms with Crippen LogP contribution in [0.5, 0.6) is 0 Å². The van der Waals surface area contributed by atoms with Gasteiger partial charge in [0.2, 0.25) is 5.96 Å². The van der Waals surface area contributed by atoms with Gasteiger partial charge in [0.1, 0.15) is 6.26 Å². The fourth-order valence-electron chi connectivity index (χ4n) is 0.492. The highest BCUT2D eigenvalue weighted by Gasteiger charge is 1.97. The van der Waals surface area contributed by atoms with E-state index in [2.05, 4.69) is 20.3 Å². The van der Waals surface area contributed by atoms with E-state index in [9.17, 15) is 0 Å². The number of nitriles is 1. The van der Waals surface area contributed by atoms with E-state index in [1.807, 2.05) is 0 Å². The monoisotopic (exact) mass is 151 g/mol. The number of hydrogen-bond acceptors (Lipinski definition) is 4. The molecule has 6 nitrogen and oxygen atoms in total. The van der Waals surface area contributed by atoms with E-state index in [1.165, 1.54) is 12.3 Å². The van der Waals surface area contributed by atoms with E-state index in [1.54, 1.807) is 6.19 Å². The maximum absolute atomic E-state index is 8.08. The fraction of sp³-hybridized carbons (Fsp3) is 0. The van der Waals surface area contributed by atoms with Crippen molar-refractivity contribution in [1.82, 2.24) is 10.5 Å². The average Bonchev–Trinajstić information content (AvgIpc) is 2.40. The van der Waals surface area contributed by atoms with Crippen LogP contribution in [0, 0.1) is 16.9 Å². The zero-order valence-corrected chi connectivity index (χ0v) is 5.46. The molecule has 0 aliphatic rings. The summed E-state index contributed by atoms with van der Waals surface area (Å²) in [6, 6.07) is 1.54. The van der Waals surface area contributed by atoms with E-state index in [-0.39, 0.29) is 5.96 Å². The second-order valence-electron chi connectivity index (χ2n) is 1.62. The Labute approximate surface area is 62.3 Å². The highest BCUT2D eigenvalue weighted by atomic mass is 16.5. The van der Waals surface area contributed by atoms with Gasteiger partial charge in [0.25, 0.3) is 0 Å². The van der Waals surface area contributed by atoms with Crippen LogP contribution in [0.25, 0.3) is 0 Å². The van der Waals surface area contributed by atoms with Crippen molar-refractivity contribution in [1.29, 1.82) is 10.7 Å². The van der Waals surface area contributed by atoms with Crippen molar-refractivity contribution in [2.45, 2.75) is 0 Å². The molecule has 6 heteroatoms. The Hall–Kier alpha value is -2.03. The van der Waals surface area contributed by atoms with Gasteiger partial charge in [-0.05, 0) is 0 Å². The summed E-state index contributed by atoms with van der Waals surface area (Å²) < 4.78 is 4.47. The molecular formula is C5H5N5O. The molecule has 0 bridgehead atoms. The van der Waals surface area contributed by atoms with Gasteiger partial charge in [-0.3, -0.25) is 10.7 Å². The van der Waals surface area contributed by atoms with Gasteiger partial charge in [-0.25, -0.2) is 0 Å². The first-order chi connectivity index (χ1) is 5.33. The minimum Gasteiger partial charge on any atom is -0.363 e. The van der Waals surface area contributed by atoms with Crippen LogP contribution in [-0.4, -0.2) is 11.1 Å². The molecule has 3 N–H and O–H groups in total. The molecule has 1 heterocycles. The molecule has 1 aromatic rings. The third-order valence-electron chi connectivity index (χ3n) is 0.872. The van der Waals surface area contributed by atoms with Crippen LogP contribution in [0.15, 0.2) is 16.9 Å². The number of aromatic nitrogens is 1. The molecule has 0 aliphatic carbocycles. The third-order valence-corrected chi connectivity index (χ3v) is 0.872. The second-order valence-corrected chi connectivity index (χ2v) is 1.62. The molecule has 0 amide bonds. The molecule has 11 heavy (non-hydrogen) atoms. The van der Waals surface area contributed by atoms with E-state index in [4.69, 9.17) is 10.7 Å². The Bertz CT molecular complexity index is 272. The van der Waals surface area contributed by atoms with Gasteiger partial charge in [0.15, 0.2) is 12.0 Å². The molecule has 0 aromatic carbocycles. The third kappa shape index (κ3) is 1.98.